The summed E-state index contributed by atoms with van der Waals surface area (Å²) in [6, 6.07) is 0. The van der Waals surface area contributed by atoms with Gasteiger partial charge in [0.05, 0.1) is 13.0 Å². The molecule has 0 aromatic carbocycles. The van der Waals surface area contributed by atoms with Crippen molar-refractivity contribution in [1.82, 2.24) is 0 Å². The van der Waals surface area contributed by atoms with E-state index in [4.69, 9.17) is 14.9 Å². The standard InChI is InChI=1S/C14H24O7/c1-2-3-4-5-6-7-8-20-14(19)21-10-11(13(17)18)9-12(15)16/h11H,2-10H2,1H3,(H,15,16)(H,17,18). The molecule has 2 N–H and O–H groups in total. The van der Waals surface area contributed by atoms with Crippen molar-refractivity contribution in [1.29, 1.82) is 0 Å². The lowest BCUT2D eigenvalue weighted by atomic mass is 10.1. The van der Waals surface area contributed by atoms with Crippen molar-refractivity contribution < 1.29 is 34.1 Å². The predicted octanol–water partition coefficient (Wildman–Crippen LogP) is 2.68. The number of carbonyl (C=O) groups is 3. The quantitative estimate of drug-likeness (QED) is 0.421. The van der Waals surface area contributed by atoms with E-state index in [2.05, 4.69) is 11.7 Å². The Kier molecular flexibility index (Phi) is 11.0. The van der Waals surface area contributed by atoms with Crippen molar-refractivity contribution >= 4 is 18.1 Å². The molecule has 0 aliphatic rings. The van der Waals surface area contributed by atoms with Crippen LogP contribution in [0.25, 0.3) is 0 Å². The van der Waals surface area contributed by atoms with Crippen LogP contribution in [0.1, 0.15) is 51.9 Å². The monoisotopic (exact) mass is 304 g/mol. The average Bonchev–Trinajstić information content (AvgIpc) is 2.41. The number of carbonyl (C=O) groups excluding carboxylic acids is 1. The van der Waals surface area contributed by atoms with E-state index in [1.54, 1.807) is 0 Å². The van der Waals surface area contributed by atoms with Gasteiger partial charge in [0.2, 0.25) is 0 Å². The van der Waals surface area contributed by atoms with Gasteiger partial charge in [-0.2, -0.15) is 0 Å². The van der Waals surface area contributed by atoms with E-state index in [0.29, 0.717) is 0 Å². The number of ether oxygens (including phenoxy) is 2. The SMILES string of the molecule is CCCCCCCCOC(=O)OCC(CC(=O)O)C(=O)O. The van der Waals surface area contributed by atoms with Crippen LogP contribution < -0.4 is 0 Å². The van der Waals surface area contributed by atoms with Gasteiger partial charge in [0, 0.05) is 0 Å². The summed E-state index contributed by atoms with van der Waals surface area (Å²) in [5, 5.41) is 17.3. The highest BCUT2D eigenvalue weighted by Gasteiger charge is 2.23. The Morgan fingerprint density at radius 2 is 1.57 bits per heavy atom. The van der Waals surface area contributed by atoms with E-state index in [1.807, 2.05) is 0 Å². The summed E-state index contributed by atoms with van der Waals surface area (Å²) >= 11 is 0. The first-order valence-electron chi connectivity index (χ1n) is 7.21. The Labute approximate surface area is 124 Å². The molecule has 0 spiro atoms. The van der Waals surface area contributed by atoms with Gasteiger partial charge in [-0.15, -0.1) is 0 Å². The number of hydrogen-bond acceptors (Lipinski definition) is 5. The highest BCUT2D eigenvalue weighted by molar-refractivity contribution is 5.78. The third-order valence-electron chi connectivity index (χ3n) is 2.89. The maximum absolute atomic E-state index is 11.2. The Morgan fingerprint density at radius 1 is 0.952 bits per heavy atom. The van der Waals surface area contributed by atoms with Gasteiger partial charge in [-0.1, -0.05) is 39.0 Å². The molecule has 21 heavy (non-hydrogen) atoms. The first-order valence-corrected chi connectivity index (χ1v) is 7.21. The summed E-state index contributed by atoms with van der Waals surface area (Å²) in [6.07, 6.45) is 4.76. The lowest BCUT2D eigenvalue weighted by Crippen LogP contribution is -2.25. The zero-order chi connectivity index (χ0) is 16.1. The third-order valence-corrected chi connectivity index (χ3v) is 2.89. The van der Waals surface area contributed by atoms with E-state index in [-0.39, 0.29) is 6.61 Å². The molecule has 1 atom stereocenters. The summed E-state index contributed by atoms with van der Waals surface area (Å²) in [5.41, 5.74) is 0. The number of hydrogen-bond donors (Lipinski definition) is 2. The second-order valence-electron chi connectivity index (χ2n) is 4.81. The predicted molar refractivity (Wildman–Crippen MR) is 74.1 cm³/mol. The van der Waals surface area contributed by atoms with Crippen molar-refractivity contribution in [3.63, 3.8) is 0 Å². The number of carboxylic acids is 2. The van der Waals surface area contributed by atoms with Crippen LogP contribution in [0.15, 0.2) is 0 Å². The van der Waals surface area contributed by atoms with Crippen LogP contribution >= 0.6 is 0 Å². The Balaban J connectivity index is 3.68. The third kappa shape index (κ3) is 11.7. The van der Waals surface area contributed by atoms with Crippen LogP contribution in [0.2, 0.25) is 0 Å². The largest absolute Gasteiger partial charge is 0.508 e. The van der Waals surface area contributed by atoms with Gasteiger partial charge in [0.1, 0.15) is 12.5 Å². The lowest BCUT2D eigenvalue weighted by Gasteiger charge is -2.10. The van der Waals surface area contributed by atoms with E-state index in [9.17, 15) is 14.4 Å². The van der Waals surface area contributed by atoms with Crippen molar-refractivity contribution in [2.45, 2.75) is 51.9 Å². The van der Waals surface area contributed by atoms with E-state index in [1.165, 1.54) is 12.8 Å². The van der Waals surface area contributed by atoms with Gasteiger partial charge in [-0.3, -0.25) is 9.59 Å². The summed E-state index contributed by atoms with van der Waals surface area (Å²) in [7, 11) is 0. The van der Waals surface area contributed by atoms with Gasteiger partial charge in [0.15, 0.2) is 0 Å². The molecule has 0 aromatic heterocycles. The first-order chi connectivity index (χ1) is 9.97. The van der Waals surface area contributed by atoms with Crippen molar-refractivity contribution in [2.75, 3.05) is 13.2 Å². The molecule has 0 rings (SSSR count). The molecule has 0 amide bonds. The molecule has 0 fully saturated rings. The topological polar surface area (TPSA) is 110 Å². The maximum Gasteiger partial charge on any atom is 0.508 e. The second-order valence-corrected chi connectivity index (χ2v) is 4.81. The van der Waals surface area contributed by atoms with Crippen LogP contribution in [0.3, 0.4) is 0 Å². The summed E-state index contributed by atoms with van der Waals surface area (Å²) in [5.74, 6) is -3.84. The van der Waals surface area contributed by atoms with E-state index < -0.39 is 37.0 Å². The van der Waals surface area contributed by atoms with Crippen molar-refractivity contribution in [3.8, 4) is 0 Å². The molecule has 7 heteroatoms. The number of aliphatic carboxylic acids is 2. The second kappa shape index (κ2) is 12.0. The smallest absolute Gasteiger partial charge is 0.481 e. The Hall–Kier alpha value is -1.79. The number of unbranched alkanes of at least 4 members (excludes halogenated alkanes) is 5. The normalized spacial score (nSPS) is 11.7. The molecule has 0 saturated carbocycles. The Bertz CT molecular complexity index is 327. The fourth-order valence-corrected chi connectivity index (χ4v) is 1.68. The number of carboxylic acid groups (broad SMARTS) is 2. The fourth-order valence-electron chi connectivity index (χ4n) is 1.68. The van der Waals surface area contributed by atoms with Crippen LogP contribution in [0.4, 0.5) is 4.79 Å². The van der Waals surface area contributed by atoms with Crippen molar-refractivity contribution in [2.24, 2.45) is 5.92 Å². The molecule has 0 bridgehead atoms. The molecule has 0 aromatic rings. The van der Waals surface area contributed by atoms with Gasteiger partial charge >= 0.3 is 18.1 Å². The zero-order valence-corrected chi connectivity index (χ0v) is 12.4. The minimum Gasteiger partial charge on any atom is -0.481 e. The maximum atomic E-state index is 11.2. The molecular formula is C14H24O7. The van der Waals surface area contributed by atoms with Crippen LogP contribution in [-0.4, -0.2) is 41.5 Å². The van der Waals surface area contributed by atoms with Gasteiger partial charge in [0.25, 0.3) is 0 Å². The van der Waals surface area contributed by atoms with Crippen LogP contribution in [0, 0.1) is 5.92 Å². The minimum absolute atomic E-state index is 0.224. The molecule has 0 radical (unpaired) electrons. The van der Waals surface area contributed by atoms with Crippen molar-refractivity contribution in [3.05, 3.63) is 0 Å². The van der Waals surface area contributed by atoms with Gasteiger partial charge in [-0.05, 0) is 6.42 Å². The number of rotatable bonds is 12. The molecule has 0 saturated heterocycles. The van der Waals surface area contributed by atoms with Gasteiger partial charge in [-0.25, -0.2) is 4.79 Å². The summed E-state index contributed by atoms with van der Waals surface area (Å²) < 4.78 is 9.39. The molecular weight excluding hydrogens is 280 g/mol. The highest BCUT2D eigenvalue weighted by Crippen LogP contribution is 2.07. The molecule has 7 nitrogen and oxygen atoms in total. The summed E-state index contributed by atoms with van der Waals surface area (Å²) in [6.45, 7) is 1.85. The van der Waals surface area contributed by atoms with Crippen LogP contribution in [-0.2, 0) is 19.1 Å². The molecule has 0 aliphatic carbocycles. The zero-order valence-electron chi connectivity index (χ0n) is 12.4. The van der Waals surface area contributed by atoms with Crippen LogP contribution in [0.5, 0.6) is 0 Å². The molecule has 122 valence electrons. The molecule has 0 heterocycles. The highest BCUT2D eigenvalue weighted by atomic mass is 16.7. The van der Waals surface area contributed by atoms with Gasteiger partial charge < -0.3 is 19.7 Å². The Morgan fingerprint density at radius 3 is 2.14 bits per heavy atom. The average molecular weight is 304 g/mol. The van der Waals surface area contributed by atoms with E-state index >= 15 is 0 Å². The molecule has 1 unspecified atom stereocenters. The first kappa shape index (κ1) is 19.2. The summed E-state index contributed by atoms with van der Waals surface area (Å²) in [4.78, 5) is 32.4. The molecule has 0 aliphatic heterocycles. The van der Waals surface area contributed by atoms with E-state index in [0.717, 1.165) is 25.7 Å². The fraction of sp³-hybridized carbons (Fsp3) is 0.786. The minimum atomic E-state index is -1.32. The lowest BCUT2D eigenvalue weighted by molar-refractivity contribution is -0.149.